The van der Waals surface area contributed by atoms with Crippen molar-refractivity contribution in [1.82, 2.24) is 5.32 Å². The van der Waals surface area contributed by atoms with E-state index in [0.29, 0.717) is 10.6 Å². The summed E-state index contributed by atoms with van der Waals surface area (Å²) in [6.45, 7) is 2.26. The Bertz CT molecular complexity index is 1340. The Kier molecular flexibility index (Phi) is 10.5. The topological polar surface area (TPSA) is 142 Å². The van der Waals surface area contributed by atoms with E-state index in [1.165, 1.54) is 11.8 Å². The largest absolute Gasteiger partial charge is 0.481 e. The van der Waals surface area contributed by atoms with Crippen LogP contribution in [0.5, 0.6) is 0 Å². The van der Waals surface area contributed by atoms with Gasteiger partial charge in [0.1, 0.15) is 0 Å². The van der Waals surface area contributed by atoms with E-state index in [1.807, 2.05) is 61.5 Å². The number of aromatic carboxylic acids is 1. The lowest BCUT2D eigenvalue weighted by Crippen LogP contribution is -2.38. The van der Waals surface area contributed by atoms with E-state index in [1.54, 1.807) is 18.2 Å². The quantitative estimate of drug-likeness (QED) is 0.219. The third kappa shape index (κ3) is 8.17. The van der Waals surface area contributed by atoms with Crippen molar-refractivity contribution in [2.45, 2.75) is 56.3 Å². The Labute approximate surface area is 242 Å². The molecule has 1 amide bonds. The monoisotopic (exact) mass is 579 g/mol. The third-order valence-corrected chi connectivity index (χ3v) is 8.11. The molecule has 4 N–H and O–H groups in total. The SMILES string of the molecule is CC1C(CSc2ccccc2C(=O)O)OC(c2ccc(CNC(=O)CCC(=O)O)cc2)OC1c1ccc(CO)cc1. The zero-order chi connectivity index (χ0) is 29.4. The van der Waals surface area contributed by atoms with Gasteiger partial charge in [-0.1, -0.05) is 67.6 Å². The molecule has 1 aliphatic rings. The van der Waals surface area contributed by atoms with Gasteiger partial charge in [-0.3, -0.25) is 9.59 Å². The third-order valence-electron chi connectivity index (χ3n) is 6.95. The van der Waals surface area contributed by atoms with Crippen molar-refractivity contribution in [3.63, 3.8) is 0 Å². The van der Waals surface area contributed by atoms with E-state index >= 15 is 0 Å². The molecule has 0 aromatic heterocycles. The van der Waals surface area contributed by atoms with Crippen LogP contribution in [0, 0.1) is 5.92 Å². The van der Waals surface area contributed by atoms with Crippen LogP contribution in [0.25, 0.3) is 0 Å². The van der Waals surface area contributed by atoms with E-state index in [-0.39, 0.29) is 55.6 Å². The van der Waals surface area contributed by atoms with Crippen molar-refractivity contribution in [3.05, 3.63) is 101 Å². The fraction of sp³-hybridized carbons (Fsp3) is 0.323. The second kappa shape index (κ2) is 14.3. The first-order chi connectivity index (χ1) is 19.7. The number of benzene rings is 3. The number of nitrogens with one attached hydrogen (secondary N) is 1. The zero-order valence-corrected chi connectivity index (χ0v) is 23.4. The minimum absolute atomic E-state index is 0.0539. The minimum atomic E-state index is -1.02. The summed E-state index contributed by atoms with van der Waals surface area (Å²) in [5.74, 6) is -1.87. The number of thioether (sulfide) groups is 1. The van der Waals surface area contributed by atoms with Gasteiger partial charge in [0.15, 0.2) is 6.29 Å². The Morgan fingerprint density at radius 3 is 2.17 bits per heavy atom. The van der Waals surface area contributed by atoms with Crippen molar-refractivity contribution in [2.75, 3.05) is 5.75 Å². The van der Waals surface area contributed by atoms with Crippen molar-refractivity contribution < 1.29 is 39.2 Å². The number of aliphatic hydroxyl groups is 1. The van der Waals surface area contributed by atoms with Gasteiger partial charge in [0.25, 0.3) is 0 Å². The van der Waals surface area contributed by atoms with Gasteiger partial charge in [-0.05, 0) is 28.8 Å². The summed E-state index contributed by atoms with van der Waals surface area (Å²) in [5, 5.41) is 30.5. The summed E-state index contributed by atoms with van der Waals surface area (Å²) in [5.41, 5.74) is 3.62. The average Bonchev–Trinajstić information content (AvgIpc) is 2.99. The molecule has 216 valence electrons. The van der Waals surface area contributed by atoms with Crippen molar-refractivity contribution >= 4 is 29.6 Å². The summed E-state index contributed by atoms with van der Waals surface area (Å²) >= 11 is 1.43. The molecule has 1 aliphatic heterocycles. The molecular weight excluding hydrogens is 546 g/mol. The standard InChI is InChI=1S/C31H33NO8S/c1-19-25(18-41-26-5-3-2-4-24(26)30(37)38)39-31(40-29(19)22-10-8-21(17-33)9-11-22)23-12-6-20(7-13-23)16-32-27(34)14-15-28(35)36/h2-13,19,25,29,31,33H,14-18H2,1H3,(H,32,34)(H,35,36)(H,37,38). The Morgan fingerprint density at radius 1 is 0.854 bits per heavy atom. The maximum absolute atomic E-state index is 11.9. The maximum Gasteiger partial charge on any atom is 0.336 e. The van der Waals surface area contributed by atoms with Crippen LogP contribution < -0.4 is 5.32 Å². The summed E-state index contributed by atoms with van der Waals surface area (Å²) in [6.07, 6.45) is -1.56. The highest BCUT2D eigenvalue weighted by Crippen LogP contribution is 2.43. The highest BCUT2D eigenvalue weighted by atomic mass is 32.2. The smallest absolute Gasteiger partial charge is 0.336 e. The van der Waals surface area contributed by atoms with Crippen LogP contribution in [0.15, 0.2) is 77.7 Å². The minimum Gasteiger partial charge on any atom is -0.481 e. The van der Waals surface area contributed by atoms with Gasteiger partial charge in [-0.15, -0.1) is 11.8 Å². The first-order valence-electron chi connectivity index (χ1n) is 13.3. The Hall–Kier alpha value is -3.70. The molecule has 4 rings (SSSR count). The van der Waals surface area contributed by atoms with Crippen molar-refractivity contribution in [2.24, 2.45) is 5.92 Å². The number of carbonyl (C=O) groups is 3. The summed E-state index contributed by atoms with van der Waals surface area (Å²) in [6, 6.07) is 22.0. The second-order valence-electron chi connectivity index (χ2n) is 9.85. The molecule has 0 spiro atoms. The summed E-state index contributed by atoms with van der Waals surface area (Å²) < 4.78 is 12.9. The fourth-order valence-electron chi connectivity index (χ4n) is 4.55. The molecule has 9 nitrogen and oxygen atoms in total. The predicted octanol–water partition coefficient (Wildman–Crippen LogP) is 4.94. The van der Waals surface area contributed by atoms with Gasteiger partial charge in [-0.25, -0.2) is 4.79 Å². The lowest BCUT2D eigenvalue weighted by molar-refractivity contribution is -0.268. The Morgan fingerprint density at radius 2 is 1.51 bits per heavy atom. The fourth-order valence-corrected chi connectivity index (χ4v) is 5.76. The molecular formula is C31H33NO8S. The van der Waals surface area contributed by atoms with Gasteiger partial charge in [0, 0.05) is 35.1 Å². The molecule has 0 aliphatic carbocycles. The van der Waals surface area contributed by atoms with Crippen LogP contribution in [0.4, 0.5) is 0 Å². The molecule has 0 saturated carbocycles. The molecule has 41 heavy (non-hydrogen) atoms. The molecule has 0 radical (unpaired) electrons. The van der Waals surface area contributed by atoms with Crippen LogP contribution in [-0.4, -0.2) is 45.0 Å². The first-order valence-corrected chi connectivity index (χ1v) is 14.3. The number of aliphatic hydroxyl groups excluding tert-OH is 1. The average molecular weight is 580 g/mol. The van der Waals surface area contributed by atoms with Gasteiger partial charge in [-0.2, -0.15) is 0 Å². The van der Waals surface area contributed by atoms with E-state index in [0.717, 1.165) is 22.3 Å². The summed E-state index contributed by atoms with van der Waals surface area (Å²) in [4.78, 5) is 34.9. The zero-order valence-electron chi connectivity index (χ0n) is 22.6. The lowest BCUT2D eigenvalue weighted by atomic mass is 9.91. The molecule has 3 aromatic carbocycles. The van der Waals surface area contributed by atoms with Gasteiger partial charge in [0.05, 0.1) is 30.8 Å². The molecule has 1 heterocycles. The van der Waals surface area contributed by atoms with E-state index < -0.39 is 18.2 Å². The second-order valence-corrected chi connectivity index (χ2v) is 10.9. The number of rotatable bonds is 12. The molecule has 4 unspecified atom stereocenters. The highest BCUT2D eigenvalue weighted by Gasteiger charge is 2.38. The lowest BCUT2D eigenvalue weighted by Gasteiger charge is -2.41. The number of carboxylic acids is 2. The van der Waals surface area contributed by atoms with Crippen LogP contribution in [-0.2, 0) is 32.2 Å². The van der Waals surface area contributed by atoms with Crippen molar-refractivity contribution in [3.8, 4) is 0 Å². The Balaban J connectivity index is 1.50. The molecule has 0 bridgehead atoms. The van der Waals surface area contributed by atoms with E-state index in [2.05, 4.69) is 5.32 Å². The maximum atomic E-state index is 11.9. The normalized spacial score (nSPS) is 20.3. The number of carbonyl (C=O) groups excluding carboxylic acids is 1. The first kappa shape index (κ1) is 30.3. The number of hydrogen-bond acceptors (Lipinski definition) is 7. The van der Waals surface area contributed by atoms with E-state index in [4.69, 9.17) is 14.6 Å². The number of carboxylic acid groups (broad SMARTS) is 2. The highest BCUT2D eigenvalue weighted by molar-refractivity contribution is 7.99. The van der Waals surface area contributed by atoms with Crippen LogP contribution in [0.2, 0.25) is 0 Å². The van der Waals surface area contributed by atoms with Crippen molar-refractivity contribution in [1.29, 1.82) is 0 Å². The molecule has 3 aromatic rings. The van der Waals surface area contributed by atoms with E-state index in [9.17, 15) is 24.6 Å². The molecule has 1 fully saturated rings. The molecule has 4 atom stereocenters. The molecule has 10 heteroatoms. The van der Waals surface area contributed by atoms with Crippen LogP contribution in [0.3, 0.4) is 0 Å². The van der Waals surface area contributed by atoms with Crippen LogP contribution in [0.1, 0.15) is 64.8 Å². The summed E-state index contributed by atoms with van der Waals surface area (Å²) in [7, 11) is 0. The van der Waals surface area contributed by atoms with Gasteiger partial charge in [0.2, 0.25) is 5.91 Å². The predicted molar refractivity (Wildman–Crippen MR) is 152 cm³/mol. The molecule has 1 saturated heterocycles. The van der Waals surface area contributed by atoms with Crippen LogP contribution >= 0.6 is 11.8 Å². The van der Waals surface area contributed by atoms with Gasteiger partial charge >= 0.3 is 11.9 Å². The number of amides is 1. The number of hydrogen-bond donors (Lipinski definition) is 4. The van der Waals surface area contributed by atoms with Gasteiger partial charge < -0.3 is 30.1 Å². The number of ether oxygens (including phenoxy) is 2. The number of aliphatic carboxylic acids is 1.